The number of methoxy groups -OCH3 is 1. The molecule has 0 atom stereocenters. The molecule has 5 heteroatoms. The van der Waals surface area contributed by atoms with Gasteiger partial charge in [-0.3, -0.25) is 9.78 Å². The molecule has 0 unspecified atom stereocenters. The van der Waals surface area contributed by atoms with E-state index in [4.69, 9.17) is 4.74 Å². The number of carbonyl (C=O) groups excluding carboxylic acids is 1. The lowest BCUT2D eigenvalue weighted by atomic mass is 10.1. The van der Waals surface area contributed by atoms with Gasteiger partial charge in [-0.2, -0.15) is 0 Å². The second-order valence-electron chi connectivity index (χ2n) is 5.08. The van der Waals surface area contributed by atoms with Crippen LogP contribution in [0.15, 0.2) is 42.7 Å². The summed E-state index contributed by atoms with van der Waals surface area (Å²) < 4.78 is 5.21. The average Bonchev–Trinajstić information content (AvgIpc) is 2.90. The number of hydrogen-bond donors (Lipinski definition) is 2. The van der Waals surface area contributed by atoms with Crippen molar-refractivity contribution in [2.24, 2.45) is 0 Å². The number of amides is 1. The third kappa shape index (κ3) is 2.65. The second-order valence-corrected chi connectivity index (χ2v) is 5.08. The summed E-state index contributed by atoms with van der Waals surface area (Å²) in [6.07, 6.45) is 3.45. The van der Waals surface area contributed by atoms with Gasteiger partial charge in [0, 0.05) is 35.9 Å². The maximum absolute atomic E-state index is 12.4. The lowest BCUT2D eigenvalue weighted by Gasteiger charge is -2.04. The minimum atomic E-state index is -0.128. The quantitative estimate of drug-likeness (QED) is 0.777. The molecule has 0 saturated carbocycles. The Kier molecular flexibility index (Phi) is 3.78. The minimum Gasteiger partial charge on any atom is -0.497 e. The van der Waals surface area contributed by atoms with Gasteiger partial charge in [-0.05, 0) is 36.2 Å². The SMILES string of the molecule is COc1ccc2c(C)c(C(=O)NCc3cccnc3)[nH]c2c1. The Morgan fingerprint density at radius 3 is 2.95 bits per heavy atom. The number of benzene rings is 1. The topological polar surface area (TPSA) is 67.0 Å². The molecular formula is C17H17N3O2. The summed E-state index contributed by atoms with van der Waals surface area (Å²) in [5.74, 6) is 0.632. The highest BCUT2D eigenvalue weighted by Gasteiger charge is 2.14. The van der Waals surface area contributed by atoms with Gasteiger partial charge in [-0.25, -0.2) is 0 Å². The van der Waals surface area contributed by atoms with E-state index in [2.05, 4.69) is 15.3 Å². The summed E-state index contributed by atoms with van der Waals surface area (Å²) in [6, 6.07) is 9.51. The van der Waals surface area contributed by atoms with Gasteiger partial charge in [0.1, 0.15) is 11.4 Å². The number of aromatic nitrogens is 2. The standard InChI is InChI=1S/C17H17N3O2/c1-11-14-6-5-13(22-2)8-15(14)20-16(11)17(21)19-10-12-4-3-7-18-9-12/h3-9,20H,10H2,1-2H3,(H,19,21). The van der Waals surface area contributed by atoms with E-state index in [9.17, 15) is 4.79 Å². The fraction of sp³-hybridized carbons (Fsp3) is 0.176. The molecule has 3 rings (SSSR count). The number of nitrogens with one attached hydrogen (secondary N) is 2. The Bertz CT molecular complexity index is 809. The van der Waals surface area contributed by atoms with Gasteiger partial charge < -0.3 is 15.0 Å². The molecule has 0 bridgehead atoms. The molecular weight excluding hydrogens is 278 g/mol. The summed E-state index contributed by atoms with van der Waals surface area (Å²) in [4.78, 5) is 19.6. The van der Waals surface area contributed by atoms with Crippen molar-refractivity contribution in [1.82, 2.24) is 15.3 Å². The molecule has 5 nitrogen and oxygen atoms in total. The van der Waals surface area contributed by atoms with Crippen molar-refractivity contribution in [3.05, 3.63) is 59.5 Å². The largest absolute Gasteiger partial charge is 0.497 e. The van der Waals surface area contributed by atoms with Crippen molar-refractivity contribution in [3.63, 3.8) is 0 Å². The number of fused-ring (bicyclic) bond motifs is 1. The van der Waals surface area contributed by atoms with E-state index in [0.717, 1.165) is 27.8 Å². The first-order valence-corrected chi connectivity index (χ1v) is 7.02. The monoisotopic (exact) mass is 295 g/mol. The molecule has 22 heavy (non-hydrogen) atoms. The summed E-state index contributed by atoms with van der Waals surface area (Å²) in [7, 11) is 1.62. The van der Waals surface area contributed by atoms with Crippen molar-refractivity contribution in [2.45, 2.75) is 13.5 Å². The molecule has 112 valence electrons. The van der Waals surface area contributed by atoms with Gasteiger partial charge in [0.15, 0.2) is 0 Å². The fourth-order valence-electron chi connectivity index (χ4n) is 2.44. The van der Waals surface area contributed by atoms with E-state index in [1.165, 1.54) is 0 Å². The van der Waals surface area contributed by atoms with E-state index >= 15 is 0 Å². The molecule has 2 heterocycles. The zero-order valence-electron chi connectivity index (χ0n) is 12.5. The Hall–Kier alpha value is -2.82. The van der Waals surface area contributed by atoms with Crippen LogP contribution < -0.4 is 10.1 Å². The van der Waals surface area contributed by atoms with Crippen LogP contribution in [0.1, 0.15) is 21.6 Å². The van der Waals surface area contributed by atoms with Crippen LogP contribution in [0.5, 0.6) is 5.75 Å². The number of pyridine rings is 1. The van der Waals surface area contributed by atoms with Crippen LogP contribution in [-0.2, 0) is 6.54 Å². The van der Waals surface area contributed by atoms with Gasteiger partial charge in [0.25, 0.3) is 5.91 Å². The van der Waals surface area contributed by atoms with Gasteiger partial charge >= 0.3 is 0 Å². The minimum absolute atomic E-state index is 0.128. The van der Waals surface area contributed by atoms with E-state index in [1.54, 1.807) is 19.5 Å². The summed E-state index contributed by atoms with van der Waals surface area (Å²) in [6.45, 7) is 2.38. The number of aromatic amines is 1. The molecule has 0 aliphatic heterocycles. The van der Waals surface area contributed by atoms with E-state index < -0.39 is 0 Å². The number of nitrogens with zero attached hydrogens (tertiary/aromatic N) is 1. The molecule has 0 saturated heterocycles. The Balaban J connectivity index is 1.83. The lowest BCUT2D eigenvalue weighted by Crippen LogP contribution is -2.23. The van der Waals surface area contributed by atoms with Crippen molar-refractivity contribution in [3.8, 4) is 5.75 Å². The molecule has 3 aromatic rings. The molecule has 1 amide bonds. The summed E-state index contributed by atoms with van der Waals surface area (Å²) in [5.41, 5.74) is 3.36. The van der Waals surface area contributed by atoms with Crippen LogP contribution in [0.3, 0.4) is 0 Å². The van der Waals surface area contributed by atoms with E-state index in [-0.39, 0.29) is 5.91 Å². The van der Waals surface area contributed by atoms with Crippen molar-refractivity contribution >= 4 is 16.8 Å². The van der Waals surface area contributed by atoms with Crippen LogP contribution in [0.2, 0.25) is 0 Å². The first-order valence-electron chi connectivity index (χ1n) is 7.02. The Labute approximate surface area is 128 Å². The third-order valence-electron chi connectivity index (χ3n) is 3.67. The lowest BCUT2D eigenvalue weighted by molar-refractivity contribution is 0.0946. The maximum atomic E-state index is 12.4. The number of hydrogen-bond acceptors (Lipinski definition) is 3. The fourth-order valence-corrected chi connectivity index (χ4v) is 2.44. The van der Waals surface area contributed by atoms with Crippen LogP contribution in [-0.4, -0.2) is 23.0 Å². The number of ether oxygens (including phenoxy) is 1. The highest BCUT2D eigenvalue weighted by molar-refractivity contribution is 6.01. The predicted molar refractivity (Wildman–Crippen MR) is 85.0 cm³/mol. The van der Waals surface area contributed by atoms with Crippen LogP contribution in [0.4, 0.5) is 0 Å². The maximum Gasteiger partial charge on any atom is 0.268 e. The highest BCUT2D eigenvalue weighted by Crippen LogP contribution is 2.25. The smallest absolute Gasteiger partial charge is 0.268 e. The van der Waals surface area contributed by atoms with E-state index in [1.807, 2.05) is 37.3 Å². The second kappa shape index (κ2) is 5.89. The van der Waals surface area contributed by atoms with Crippen LogP contribution in [0.25, 0.3) is 10.9 Å². The number of H-pyrrole nitrogens is 1. The van der Waals surface area contributed by atoms with Gasteiger partial charge in [-0.15, -0.1) is 0 Å². The number of aryl methyl sites for hydroxylation is 1. The molecule has 0 aliphatic carbocycles. The van der Waals surface area contributed by atoms with Gasteiger partial charge in [0.05, 0.1) is 7.11 Å². The van der Waals surface area contributed by atoms with Gasteiger partial charge in [0.2, 0.25) is 0 Å². The molecule has 0 spiro atoms. The Morgan fingerprint density at radius 1 is 1.36 bits per heavy atom. The van der Waals surface area contributed by atoms with Crippen LogP contribution >= 0.6 is 0 Å². The molecule has 2 N–H and O–H groups in total. The number of carbonyl (C=O) groups is 1. The molecule has 0 fully saturated rings. The number of rotatable bonds is 4. The molecule has 1 aromatic carbocycles. The first kappa shape index (κ1) is 14.1. The average molecular weight is 295 g/mol. The molecule has 0 radical (unpaired) electrons. The third-order valence-corrected chi connectivity index (χ3v) is 3.67. The zero-order chi connectivity index (χ0) is 15.5. The normalized spacial score (nSPS) is 10.6. The highest BCUT2D eigenvalue weighted by atomic mass is 16.5. The predicted octanol–water partition coefficient (Wildman–Crippen LogP) is 2.81. The van der Waals surface area contributed by atoms with Crippen molar-refractivity contribution < 1.29 is 9.53 Å². The van der Waals surface area contributed by atoms with E-state index in [0.29, 0.717) is 12.2 Å². The summed E-state index contributed by atoms with van der Waals surface area (Å²) >= 11 is 0. The van der Waals surface area contributed by atoms with Gasteiger partial charge in [-0.1, -0.05) is 6.07 Å². The van der Waals surface area contributed by atoms with Crippen molar-refractivity contribution in [1.29, 1.82) is 0 Å². The van der Waals surface area contributed by atoms with Crippen LogP contribution in [0, 0.1) is 6.92 Å². The molecule has 2 aromatic heterocycles. The van der Waals surface area contributed by atoms with Crippen molar-refractivity contribution in [2.75, 3.05) is 7.11 Å². The molecule has 0 aliphatic rings. The zero-order valence-corrected chi connectivity index (χ0v) is 12.5. The Morgan fingerprint density at radius 2 is 2.23 bits per heavy atom. The summed E-state index contributed by atoms with van der Waals surface area (Å²) in [5, 5.41) is 3.92. The first-order chi connectivity index (χ1) is 10.7.